The number of hydrogen-bond donors (Lipinski definition) is 2. The molecule has 0 heterocycles. The molecule has 0 bridgehead atoms. The van der Waals surface area contributed by atoms with E-state index in [0.29, 0.717) is 29.7 Å². The van der Waals surface area contributed by atoms with E-state index >= 15 is 0 Å². The maximum atomic E-state index is 12.3. The average Bonchev–Trinajstić information content (AvgIpc) is 2.57. The highest BCUT2D eigenvalue weighted by atomic mass is 16.6. The maximum Gasteiger partial charge on any atom is 0.407 e. The lowest BCUT2D eigenvalue weighted by Gasteiger charge is -2.19. The molecule has 2 N–H and O–H groups in total. The third-order valence-electron chi connectivity index (χ3n) is 3.83. The Morgan fingerprint density at radius 2 is 1.74 bits per heavy atom. The number of carbonyl (C=O) groups is 2. The van der Waals surface area contributed by atoms with Crippen molar-refractivity contribution >= 4 is 31.0 Å². The van der Waals surface area contributed by atoms with Crippen molar-refractivity contribution in [2.75, 3.05) is 11.9 Å². The zero-order valence-electron chi connectivity index (χ0n) is 16.3. The van der Waals surface area contributed by atoms with E-state index in [4.69, 9.17) is 12.6 Å². The van der Waals surface area contributed by atoms with E-state index in [0.717, 1.165) is 11.1 Å². The molecule has 2 radical (unpaired) electrons. The van der Waals surface area contributed by atoms with Crippen molar-refractivity contribution in [2.45, 2.75) is 39.7 Å². The zero-order valence-corrected chi connectivity index (χ0v) is 16.3. The SMILES string of the molecule is [B]c1ccc(NC(=O)c2ccc(CCNC(=O)OC(C)(C)C)cc2)cc1C. The second-order valence-electron chi connectivity index (χ2n) is 7.40. The normalized spacial score (nSPS) is 11.0. The standard InChI is InChI=1S/C21H25BN2O3/c1-14-13-17(9-10-18(14)22)24-19(25)16-7-5-15(6-8-16)11-12-23-20(26)27-21(2,3)4/h5-10,13H,11-12H2,1-4H3,(H,23,26)(H,24,25). The summed E-state index contributed by atoms with van der Waals surface area (Å²) in [6, 6.07) is 12.7. The molecule has 2 rings (SSSR count). The first-order valence-corrected chi connectivity index (χ1v) is 8.87. The van der Waals surface area contributed by atoms with Gasteiger partial charge in [0.1, 0.15) is 13.4 Å². The molecule has 140 valence electrons. The lowest BCUT2D eigenvalue weighted by molar-refractivity contribution is 0.0528. The van der Waals surface area contributed by atoms with Crippen LogP contribution < -0.4 is 16.1 Å². The van der Waals surface area contributed by atoms with Crippen molar-refractivity contribution in [3.8, 4) is 0 Å². The number of aryl methyl sites for hydroxylation is 1. The van der Waals surface area contributed by atoms with E-state index in [1.165, 1.54) is 0 Å². The minimum absolute atomic E-state index is 0.183. The monoisotopic (exact) mass is 364 g/mol. The van der Waals surface area contributed by atoms with Crippen LogP contribution in [0.3, 0.4) is 0 Å². The molecule has 0 atom stereocenters. The van der Waals surface area contributed by atoms with Gasteiger partial charge in [0, 0.05) is 17.8 Å². The molecule has 0 saturated carbocycles. The van der Waals surface area contributed by atoms with Gasteiger partial charge in [-0.3, -0.25) is 4.79 Å². The first-order valence-electron chi connectivity index (χ1n) is 8.87. The highest BCUT2D eigenvalue weighted by Crippen LogP contribution is 2.12. The lowest BCUT2D eigenvalue weighted by Crippen LogP contribution is -2.33. The Balaban J connectivity index is 1.86. The van der Waals surface area contributed by atoms with E-state index in [1.54, 1.807) is 24.3 Å². The van der Waals surface area contributed by atoms with Crippen LogP contribution in [-0.2, 0) is 11.2 Å². The Morgan fingerprint density at radius 3 is 2.33 bits per heavy atom. The number of alkyl carbamates (subject to hydrolysis) is 1. The third kappa shape index (κ3) is 6.81. The fraction of sp³-hybridized carbons (Fsp3) is 0.333. The van der Waals surface area contributed by atoms with Crippen molar-refractivity contribution < 1.29 is 14.3 Å². The third-order valence-corrected chi connectivity index (χ3v) is 3.83. The number of benzene rings is 2. The van der Waals surface area contributed by atoms with E-state index < -0.39 is 11.7 Å². The average molecular weight is 364 g/mol. The Hall–Kier alpha value is -2.76. The fourth-order valence-corrected chi connectivity index (χ4v) is 2.40. The number of anilines is 1. The van der Waals surface area contributed by atoms with Gasteiger partial charge >= 0.3 is 6.09 Å². The highest BCUT2D eigenvalue weighted by Gasteiger charge is 2.15. The number of amides is 2. The van der Waals surface area contributed by atoms with Gasteiger partial charge in [0.05, 0.1) is 0 Å². The summed E-state index contributed by atoms with van der Waals surface area (Å²) in [7, 11) is 5.79. The van der Waals surface area contributed by atoms with Crippen molar-refractivity contribution in [3.05, 3.63) is 59.2 Å². The molecule has 5 nitrogen and oxygen atoms in total. The number of rotatable bonds is 5. The largest absolute Gasteiger partial charge is 0.444 e. The Labute approximate surface area is 161 Å². The molecule has 6 heteroatoms. The van der Waals surface area contributed by atoms with Gasteiger partial charge in [-0.2, -0.15) is 0 Å². The van der Waals surface area contributed by atoms with Crippen LogP contribution >= 0.6 is 0 Å². The Morgan fingerprint density at radius 1 is 1.07 bits per heavy atom. The van der Waals surface area contributed by atoms with Crippen LogP contribution in [0.25, 0.3) is 0 Å². The summed E-state index contributed by atoms with van der Waals surface area (Å²) in [6.45, 7) is 7.82. The molecular weight excluding hydrogens is 339 g/mol. The minimum atomic E-state index is -0.512. The quantitative estimate of drug-likeness (QED) is 0.802. The molecule has 0 aliphatic carbocycles. The van der Waals surface area contributed by atoms with Gasteiger partial charge in [0.2, 0.25) is 0 Å². The predicted octanol–water partition coefficient (Wildman–Crippen LogP) is 3.11. The van der Waals surface area contributed by atoms with E-state index in [9.17, 15) is 9.59 Å². The number of carbonyl (C=O) groups excluding carboxylic acids is 2. The maximum absolute atomic E-state index is 12.3. The van der Waals surface area contributed by atoms with Crippen molar-refractivity contribution in [1.29, 1.82) is 0 Å². The number of nitrogens with one attached hydrogen (secondary N) is 2. The van der Waals surface area contributed by atoms with Gasteiger partial charge in [0.25, 0.3) is 5.91 Å². The molecule has 0 spiro atoms. The van der Waals surface area contributed by atoms with Gasteiger partial charge in [-0.25, -0.2) is 4.79 Å². The van der Waals surface area contributed by atoms with E-state index in [-0.39, 0.29) is 5.91 Å². The van der Waals surface area contributed by atoms with E-state index in [2.05, 4.69) is 10.6 Å². The van der Waals surface area contributed by atoms with Crippen molar-refractivity contribution in [3.63, 3.8) is 0 Å². The van der Waals surface area contributed by atoms with Crippen LogP contribution in [0.5, 0.6) is 0 Å². The molecule has 0 unspecified atom stereocenters. The summed E-state index contributed by atoms with van der Waals surface area (Å²) >= 11 is 0. The summed E-state index contributed by atoms with van der Waals surface area (Å²) in [5.41, 5.74) is 3.39. The highest BCUT2D eigenvalue weighted by molar-refractivity contribution is 6.33. The minimum Gasteiger partial charge on any atom is -0.444 e. The summed E-state index contributed by atoms with van der Waals surface area (Å²) in [6.07, 6.45) is 0.218. The summed E-state index contributed by atoms with van der Waals surface area (Å²) < 4.78 is 5.19. The van der Waals surface area contributed by atoms with Crippen LogP contribution in [0, 0.1) is 6.92 Å². The second-order valence-corrected chi connectivity index (χ2v) is 7.40. The van der Waals surface area contributed by atoms with Crippen LogP contribution in [0.1, 0.15) is 42.3 Å². The van der Waals surface area contributed by atoms with Gasteiger partial charge in [0.15, 0.2) is 0 Å². The molecule has 0 aliphatic heterocycles. The lowest BCUT2D eigenvalue weighted by atomic mass is 9.91. The molecule has 0 aromatic heterocycles. The molecule has 0 aliphatic rings. The smallest absolute Gasteiger partial charge is 0.407 e. The van der Waals surface area contributed by atoms with Gasteiger partial charge < -0.3 is 15.4 Å². The second kappa shape index (κ2) is 8.76. The molecule has 2 amide bonds. The topological polar surface area (TPSA) is 67.4 Å². The number of ether oxygens (including phenoxy) is 1. The Bertz CT molecular complexity index is 811. The van der Waals surface area contributed by atoms with Gasteiger partial charge in [-0.1, -0.05) is 29.2 Å². The summed E-state index contributed by atoms with van der Waals surface area (Å²) in [5, 5.41) is 5.57. The van der Waals surface area contributed by atoms with Gasteiger partial charge in [-0.15, -0.1) is 0 Å². The van der Waals surface area contributed by atoms with Crippen LogP contribution in [-0.4, -0.2) is 32.0 Å². The Kier molecular flexibility index (Phi) is 6.67. The van der Waals surface area contributed by atoms with Gasteiger partial charge in [-0.05, 0) is 63.9 Å². The molecule has 0 fully saturated rings. The molecular formula is C21H25BN2O3. The molecule has 0 saturated heterocycles. The van der Waals surface area contributed by atoms with Crippen LogP contribution in [0.15, 0.2) is 42.5 Å². The molecule has 2 aromatic carbocycles. The first-order chi connectivity index (χ1) is 12.6. The van der Waals surface area contributed by atoms with Crippen LogP contribution in [0.2, 0.25) is 0 Å². The fourth-order valence-electron chi connectivity index (χ4n) is 2.40. The van der Waals surface area contributed by atoms with Crippen LogP contribution in [0.4, 0.5) is 10.5 Å². The number of hydrogen-bond acceptors (Lipinski definition) is 3. The first kappa shape index (κ1) is 20.6. The van der Waals surface area contributed by atoms with Crippen molar-refractivity contribution in [2.24, 2.45) is 0 Å². The molecule has 27 heavy (non-hydrogen) atoms. The molecule has 2 aromatic rings. The predicted molar refractivity (Wildman–Crippen MR) is 109 cm³/mol. The summed E-state index contributed by atoms with van der Waals surface area (Å²) in [5.74, 6) is -0.183. The van der Waals surface area contributed by atoms with Crippen molar-refractivity contribution in [1.82, 2.24) is 5.32 Å². The van der Waals surface area contributed by atoms with E-state index in [1.807, 2.05) is 45.9 Å². The zero-order chi connectivity index (χ0) is 20.0. The summed E-state index contributed by atoms with van der Waals surface area (Å²) in [4.78, 5) is 24.0.